The highest BCUT2D eigenvalue weighted by atomic mass is 16.6. The van der Waals surface area contributed by atoms with Gasteiger partial charge in [0.1, 0.15) is 5.60 Å². The third-order valence-corrected chi connectivity index (χ3v) is 2.51. The van der Waals surface area contributed by atoms with Gasteiger partial charge in [0.15, 0.2) is 0 Å². The second-order valence-corrected chi connectivity index (χ2v) is 7.28. The van der Waals surface area contributed by atoms with Crippen molar-refractivity contribution in [2.45, 2.75) is 59.6 Å². The molecule has 0 saturated carbocycles. The van der Waals surface area contributed by atoms with E-state index in [2.05, 4.69) is 26.1 Å². The van der Waals surface area contributed by atoms with E-state index in [0.29, 0.717) is 19.7 Å². The lowest BCUT2D eigenvalue weighted by molar-refractivity contribution is -0.157. The molecule has 0 rings (SSSR count). The van der Waals surface area contributed by atoms with Crippen LogP contribution in [0.4, 0.5) is 0 Å². The highest BCUT2D eigenvalue weighted by Gasteiger charge is 2.21. The zero-order chi connectivity index (χ0) is 17.4. The molecule has 0 aromatic carbocycles. The highest BCUT2D eigenvalue weighted by molar-refractivity contribution is 5.75. The molecule has 0 aliphatic carbocycles. The minimum atomic E-state index is -0.531. The minimum Gasteiger partial charge on any atom is -0.465 e. The maximum absolute atomic E-state index is 11.9. The van der Waals surface area contributed by atoms with Crippen LogP contribution >= 0.6 is 0 Å². The van der Waals surface area contributed by atoms with Gasteiger partial charge in [-0.15, -0.1) is 0 Å². The number of nitrogens with zero attached hydrogens (tertiary/aromatic N) is 1. The first-order valence-corrected chi connectivity index (χ1v) is 7.78. The molecule has 0 aromatic heterocycles. The molecule has 1 N–H and O–H groups in total. The quantitative estimate of drug-likeness (QED) is 0.686. The van der Waals surface area contributed by atoms with E-state index < -0.39 is 5.60 Å². The fraction of sp³-hybridized carbons (Fsp3) is 0.875. The van der Waals surface area contributed by atoms with E-state index >= 15 is 0 Å². The van der Waals surface area contributed by atoms with Crippen LogP contribution in [0.5, 0.6) is 0 Å². The lowest BCUT2D eigenvalue weighted by atomic mass is 10.1. The molecule has 22 heavy (non-hydrogen) atoms. The number of hydrogen-bond acceptors (Lipinski definition) is 6. The Morgan fingerprint density at radius 2 is 1.55 bits per heavy atom. The van der Waals surface area contributed by atoms with Gasteiger partial charge in [0.25, 0.3) is 0 Å². The SMILES string of the molecule is CCOC(=O)CN(CCNC(C)(C)C)CC(=O)OC(C)(C)C. The number of rotatable bonds is 8. The fourth-order valence-corrected chi connectivity index (χ4v) is 1.75. The molecule has 0 aliphatic heterocycles. The summed E-state index contributed by atoms with van der Waals surface area (Å²) >= 11 is 0. The van der Waals surface area contributed by atoms with E-state index in [1.54, 1.807) is 11.8 Å². The Kier molecular flexibility index (Phi) is 8.63. The van der Waals surface area contributed by atoms with E-state index in [1.807, 2.05) is 20.8 Å². The van der Waals surface area contributed by atoms with Crippen LogP contribution in [0.2, 0.25) is 0 Å². The number of esters is 2. The molecule has 0 unspecified atom stereocenters. The predicted octanol–water partition coefficient (Wildman–Crippen LogP) is 1.58. The molecule has 6 heteroatoms. The van der Waals surface area contributed by atoms with Crippen LogP contribution in [0.3, 0.4) is 0 Å². The van der Waals surface area contributed by atoms with Gasteiger partial charge in [0, 0.05) is 18.6 Å². The van der Waals surface area contributed by atoms with E-state index in [0.717, 1.165) is 0 Å². The van der Waals surface area contributed by atoms with Crippen molar-refractivity contribution in [3.63, 3.8) is 0 Å². The molecule has 0 atom stereocenters. The van der Waals surface area contributed by atoms with Crippen molar-refractivity contribution in [3.8, 4) is 0 Å². The molecular formula is C16H32N2O4. The number of ether oxygens (including phenoxy) is 2. The Hall–Kier alpha value is -1.14. The topological polar surface area (TPSA) is 67.9 Å². The van der Waals surface area contributed by atoms with Gasteiger partial charge in [-0.2, -0.15) is 0 Å². The van der Waals surface area contributed by atoms with Crippen molar-refractivity contribution >= 4 is 11.9 Å². The lowest BCUT2D eigenvalue weighted by Crippen LogP contribution is -2.45. The van der Waals surface area contributed by atoms with Gasteiger partial charge in [-0.25, -0.2) is 0 Å². The largest absolute Gasteiger partial charge is 0.465 e. The number of carbonyl (C=O) groups excluding carboxylic acids is 2. The van der Waals surface area contributed by atoms with Crippen LogP contribution < -0.4 is 5.32 Å². The van der Waals surface area contributed by atoms with Crippen molar-refractivity contribution in [2.24, 2.45) is 0 Å². The molecule has 6 nitrogen and oxygen atoms in total. The Labute approximate surface area is 134 Å². The monoisotopic (exact) mass is 316 g/mol. The second kappa shape index (κ2) is 9.10. The molecule has 0 amide bonds. The van der Waals surface area contributed by atoms with Crippen molar-refractivity contribution in [1.82, 2.24) is 10.2 Å². The maximum atomic E-state index is 11.9. The minimum absolute atomic E-state index is 0.0124. The molecule has 0 saturated heterocycles. The first-order valence-electron chi connectivity index (χ1n) is 7.78. The molecule has 0 radical (unpaired) electrons. The Balaban J connectivity index is 4.51. The number of nitrogens with one attached hydrogen (secondary N) is 1. The number of carbonyl (C=O) groups is 2. The van der Waals surface area contributed by atoms with Crippen molar-refractivity contribution in [1.29, 1.82) is 0 Å². The normalized spacial score (nSPS) is 12.4. The van der Waals surface area contributed by atoms with Crippen LogP contribution in [-0.2, 0) is 19.1 Å². The van der Waals surface area contributed by atoms with Crippen molar-refractivity contribution in [3.05, 3.63) is 0 Å². The zero-order valence-corrected chi connectivity index (χ0v) is 15.1. The van der Waals surface area contributed by atoms with Crippen LogP contribution in [0, 0.1) is 0 Å². The molecule has 0 aromatic rings. The molecule has 0 spiro atoms. The maximum Gasteiger partial charge on any atom is 0.320 e. The first-order chi connectivity index (χ1) is 9.93. The molecular weight excluding hydrogens is 284 g/mol. The highest BCUT2D eigenvalue weighted by Crippen LogP contribution is 2.07. The molecule has 0 aliphatic rings. The summed E-state index contributed by atoms with van der Waals surface area (Å²) in [5.41, 5.74) is -0.544. The van der Waals surface area contributed by atoms with Gasteiger partial charge >= 0.3 is 11.9 Å². The zero-order valence-electron chi connectivity index (χ0n) is 15.1. The molecule has 0 fully saturated rings. The summed E-state index contributed by atoms with van der Waals surface area (Å²) in [7, 11) is 0. The van der Waals surface area contributed by atoms with E-state index in [4.69, 9.17) is 9.47 Å². The summed E-state index contributed by atoms with van der Waals surface area (Å²) in [6.45, 7) is 15.1. The predicted molar refractivity (Wildman–Crippen MR) is 86.7 cm³/mol. The van der Waals surface area contributed by atoms with Crippen LogP contribution in [0.15, 0.2) is 0 Å². The van der Waals surface area contributed by atoms with Gasteiger partial charge < -0.3 is 14.8 Å². The van der Waals surface area contributed by atoms with Gasteiger partial charge in [0.05, 0.1) is 19.7 Å². The second-order valence-electron chi connectivity index (χ2n) is 7.28. The van der Waals surface area contributed by atoms with Gasteiger partial charge in [-0.05, 0) is 48.5 Å². The van der Waals surface area contributed by atoms with Crippen LogP contribution in [0.1, 0.15) is 48.5 Å². The van der Waals surface area contributed by atoms with Crippen LogP contribution in [-0.4, -0.2) is 60.8 Å². The third-order valence-electron chi connectivity index (χ3n) is 2.51. The summed E-state index contributed by atoms with van der Waals surface area (Å²) in [5, 5.41) is 3.33. The molecule has 0 heterocycles. The Morgan fingerprint density at radius 3 is 2.00 bits per heavy atom. The summed E-state index contributed by atoms with van der Waals surface area (Å²) < 4.78 is 10.3. The van der Waals surface area contributed by atoms with E-state index in [1.165, 1.54) is 0 Å². The van der Waals surface area contributed by atoms with Crippen molar-refractivity contribution in [2.75, 3.05) is 32.8 Å². The molecule has 0 bridgehead atoms. The first kappa shape index (κ1) is 20.9. The Bertz CT molecular complexity index is 356. The summed E-state index contributed by atoms with van der Waals surface area (Å²) in [5.74, 6) is -0.672. The van der Waals surface area contributed by atoms with E-state index in [-0.39, 0.29) is 30.6 Å². The van der Waals surface area contributed by atoms with Crippen molar-refractivity contribution < 1.29 is 19.1 Å². The average molecular weight is 316 g/mol. The van der Waals surface area contributed by atoms with Gasteiger partial charge in [0.2, 0.25) is 0 Å². The molecule has 130 valence electrons. The standard InChI is InChI=1S/C16H32N2O4/c1-8-21-13(19)11-18(10-9-17-15(2,3)4)12-14(20)22-16(5,6)7/h17H,8-12H2,1-7H3. The summed E-state index contributed by atoms with van der Waals surface area (Å²) in [6.07, 6.45) is 0. The van der Waals surface area contributed by atoms with Gasteiger partial charge in [-0.1, -0.05) is 0 Å². The van der Waals surface area contributed by atoms with E-state index in [9.17, 15) is 9.59 Å². The fourth-order valence-electron chi connectivity index (χ4n) is 1.75. The van der Waals surface area contributed by atoms with Crippen LogP contribution in [0.25, 0.3) is 0 Å². The van der Waals surface area contributed by atoms with Gasteiger partial charge in [-0.3, -0.25) is 14.5 Å². The number of hydrogen-bond donors (Lipinski definition) is 1. The lowest BCUT2D eigenvalue weighted by Gasteiger charge is -2.26. The Morgan fingerprint density at radius 1 is 1.00 bits per heavy atom. The summed E-state index contributed by atoms with van der Waals surface area (Å²) in [4.78, 5) is 25.3. The summed E-state index contributed by atoms with van der Waals surface area (Å²) in [6, 6.07) is 0. The third kappa shape index (κ3) is 12.6. The average Bonchev–Trinajstić information content (AvgIpc) is 2.23. The smallest absolute Gasteiger partial charge is 0.320 e.